The molecule has 0 radical (unpaired) electrons. The van der Waals surface area contributed by atoms with Gasteiger partial charge in [0.25, 0.3) is 11.8 Å². The minimum atomic E-state index is -0.969. The Kier molecular flexibility index (Phi) is 5.91. The van der Waals surface area contributed by atoms with Crippen LogP contribution in [0.15, 0.2) is 48.5 Å². The van der Waals surface area contributed by atoms with Gasteiger partial charge in [-0.3, -0.25) is 20.4 Å². The van der Waals surface area contributed by atoms with E-state index in [4.69, 9.17) is 4.74 Å². The van der Waals surface area contributed by atoms with E-state index in [1.54, 1.807) is 24.3 Å². The fourth-order valence-electron chi connectivity index (χ4n) is 1.71. The van der Waals surface area contributed by atoms with Gasteiger partial charge in [0.1, 0.15) is 0 Å². The summed E-state index contributed by atoms with van der Waals surface area (Å²) >= 11 is 2.08. The molecule has 0 fully saturated rings. The van der Waals surface area contributed by atoms with E-state index in [-0.39, 0.29) is 5.75 Å². The number of nitrogens with one attached hydrogen (secondary N) is 2. The monoisotopic (exact) mass is 428 g/mol. The lowest BCUT2D eigenvalue weighted by molar-refractivity contribution is -0.128. The van der Waals surface area contributed by atoms with Crippen LogP contribution in [0.25, 0.3) is 0 Å². The van der Waals surface area contributed by atoms with E-state index >= 15 is 0 Å². The van der Waals surface area contributed by atoms with Crippen LogP contribution < -0.4 is 15.6 Å². The van der Waals surface area contributed by atoms with Crippen molar-refractivity contribution in [3.63, 3.8) is 0 Å². The lowest BCUT2D eigenvalue weighted by atomic mass is 10.2. The van der Waals surface area contributed by atoms with Crippen molar-refractivity contribution in [2.45, 2.75) is 13.0 Å². The van der Waals surface area contributed by atoms with Gasteiger partial charge in [0.05, 0.1) is 0 Å². The first kappa shape index (κ1) is 17.2. The minimum absolute atomic E-state index is 0.0286. The van der Waals surface area contributed by atoms with Crippen molar-refractivity contribution in [3.8, 4) is 5.75 Å². The molecule has 2 rings (SSSR count). The zero-order valence-electron chi connectivity index (χ0n) is 12.2. The second kappa shape index (κ2) is 7.91. The Labute approximate surface area is 146 Å². The molecule has 23 heavy (non-hydrogen) atoms. The Balaban J connectivity index is 1.89. The highest BCUT2D eigenvalue weighted by molar-refractivity contribution is 14.1. The van der Waals surface area contributed by atoms with Gasteiger partial charge >= 0.3 is 0 Å². The number of rotatable bonds is 4. The number of halogens is 2. The molecule has 2 aromatic rings. The molecule has 0 heterocycles. The molecular weight excluding hydrogens is 414 g/mol. The molecule has 0 aliphatic carbocycles. The molecule has 1 atom stereocenters. The second-order valence-electron chi connectivity index (χ2n) is 4.64. The van der Waals surface area contributed by atoms with Crippen molar-refractivity contribution < 1.29 is 18.7 Å². The molecule has 0 saturated carbocycles. The average molecular weight is 428 g/mol. The van der Waals surface area contributed by atoms with Crippen LogP contribution in [0, 0.1) is 9.39 Å². The molecule has 0 saturated heterocycles. The highest BCUT2D eigenvalue weighted by Crippen LogP contribution is 2.16. The number of hydrogen-bond donors (Lipinski definition) is 2. The quantitative estimate of drug-likeness (QED) is 0.582. The van der Waals surface area contributed by atoms with Gasteiger partial charge in [-0.1, -0.05) is 18.2 Å². The standard InChI is InChI=1S/C16H14FIN2O3/c1-10(23-14-8-3-2-7-13(14)17)15(21)19-20-16(22)11-5-4-6-12(18)9-11/h2-10H,1H3,(H,19,21)(H,20,22). The maximum atomic E-state index is 13.5. The third-order valence-electron chi connectivity index (χ3n) is 2.90. The van der Waals surface area contributed by atoms with Crippen LogP contribution in [0.1, 0.15) is 17.3 Å². The van der Waals surface area contributed by atoms with Gasteiger partial charge in [0.15, 0.2) is 17.7 Å². The van der Waals surface area contributed by atoms with Crippen molar-refractivity contribution in [2.24, 2.45) is 0 Å². The van der Waals surface area contributed by atoms with Gasteiger partial charge in [0.2, 0.25) is 0 Å². The van der Waals surface area contributed by atoms with E-state index in [0.717, 1.165) is 3.57 Å². The van der Waals surface area contributed by atoms with Gasteiger partial charge in [-0.05, 0) is 59.8 Å². The molecule has 2 aromatic carbocycles. The molecule has 0 aliphatic rings. The third kappa shape index (κ3) is 4.92. The lowest BCUT2D eigenvalue weighted by Crippen LogP contribution is -2.47. The van der Waals surface area contributed by atoms with E-state index in [0.29, 0.717) is 5.56 Å². The summed E-state index contributed by atoms with van der Waals surface area (Å²) in [6.07, 6.45) is -0.969. The molecule has 1 unspecified atom stereocenters. The van der Waals surface area contributed by atoms with Crippen LogP contribution in [0.5, 0.6) is 5.75 Å². The molecule has 120 valence electrons. The number of hydrogen-bond acceptors (Lipinski definition) is 3. The van der Waals surface area contributed by atoms with Crippen LogP contribution in [-0.4, -0.2) is 17.9 Å². The molecule has 2 amide bonds. The third-order valence-corrected chi connectivity index (χ3v) is 3.57. The van der Waals surface area contributed by atoms with E-state index < -0.39 is 23.7 Å². The van der Waals surface area contributed by atoms with Crippen molar-refractivity contribution in [3.05, 3.63) is 63.5 Å². The average Bonchev–Trinajstić information content (AvgIpc) is 2.54. The van der Waals surface area contributed by atoms with Gasteiger partial charge < -0.3 is 4.74 Å². The lowest BCUT2D eigenvalue weighted by Gasteiger charge is -2.15. The van der Waals surface area contributed by atoms with Crippen LogP contribution in [-0.2, 0) is 4.79 Å². The first-order chi connectivity index (χ1) is 11.0. The summed E-state index contributed by atoms with van der Waals surface area (Å²) in [5.41, 5.74) is 4.96. The van der Waals surface area contributed by atoms with E-state index in [1.165, 1.54) is 25.1 Å². The summed E-state index contributed by atoms with van der Waals surface area (Å²) in [5.74, 6) is -1.63. The predicted molar refractivity (Wildman–Crippen MR) is 91.3 cm³/mol. The zero-order chi connectivity index (χ0) is 16.8. The Morgan fingerprint density at radius 2 is 1.87 bits per heavy atom. The molecule has 7 heteroatoms. The Hall–Kier alpha value is -2.16. The molecule has 0 aliphatic heterocycles. The number of carbonyl (C=O) groups excluding carboxylic acids is 2. The number of carbonyl (C=O) groups is 2. The number of para-hydroxylation sites is 1. The number of hydrazine groups is 1. The first-order valence-electron chi connectivity index (χ1n) is 6.74. The maximum absolute atomic E-state index is 13.5. The van der Waals surface area contributed by atoms with Crippen LogP contribution in [0.4, 0.5) is 4.39 Å². The summed E-state index contributed by atoms with van der Waals surface area (Å²) in [4.78, 5) is 23.8. The van der Waals surface area contributed by atoms with Gasteiger partial charge in [-0.15, -0.1) is 0 Å². The van der Waals surface area contributed by atoms with Crippen molar-refractivity contribution >= 4 is 34.4 Å². The second-order valence-corrected chi connectivity index (χ2v) is 5.89. The van der Waals surface area contributed by atoms with E-state index in [1.807, 2.05) is 6.07 Å². The number of benzene rings is 2. The van der Waals surface area contributed by atoms with Gasteiger partial charge in [0, 0.05) is 9.13 Å². The highest BCUT2D eigenvalue weighted by atomic mass is 127. The maximum Gasteiger partial charge on any atom is 0.279 e. The SMILES string of the molecule is CC(Oc1ccccc1F)C(=O)NNC(=O)c1cccc(I)c1. The van der Waals surface area contributed by atoms with E-state index in [9.17, 15) is 14.0 Å². The van der Waals surface area contributed by atoms with Crippen LogP contribution >= 0.6 is 22.6 Å². The number of ether oxygens (including phenoxy) is 1. The smallest absolute Gasteiger partial charge is 0.279 e. The number of amides is 2. The molecule has 5 nitrogen and oxygen atoms in total. The molecule has 2 N–H and O–H groups in total. The summed E-state index contributed by atoms with van der Waals surface area (Å²) in [6, 6.07) is 12.7. The topological polar surface area (TPSA) is 67.4 Å². The summed E-state index contributed by atoms with van der Waals surface area (Å²) in [7, 11) is 0. The summed E-state index contributed by atoms with van der Waals surface area (Å²) in [5, 5.41) is 0. The van der Waals surface area contributed by atoms with Gasteiger partial charge in [-0.2, -0.15) is 0 Å². The van der Waals surface area contributed by atoms with Crippen molar-refractivity contribution in [1.29, 1.82) is 0 Å². The normalized spacial score (nSPS) is 11.4. The zero-order valence-corrected chi connectivity index (χ0v) is 14.3. The Bertz CT molecular complexity index is 724. The van der Waals surface area contributed by atoms with Crippen LogP contribution in [0.3, 0.4) is 0 Å². The molecule has 0 aromatic heterocycles. The fourth-order valence-corrected chi connectivity index (χ4v) is 2.25. The predicted octanol–water partition coefficient (Wildman–Crippen LogP) is 2.66. The highest BCUT2D eigenvalue weighted by Gasteiger charge is 2.17. The summed E-state index contributed by atoms with van der Waals surface area (Å²) in [6.45, 7) is 1.46. The molecular formula is C16H14FIN2O3. The largest absolute Gasteiger partial charge is 0.478 e. The van der Waals surface area contributed by atoms with Crippen molar-refractivity contribution in [1.82, 2.24) is 10.9 Å². The fraction of sp³-hybridized carbons (Fsp3) is 0.125. The van der Waals surface area contributed by atoms with Gasteiger partial charge in [-0.25, -0.2) is 4.39 Å². The Morgan fingerprint density at radius 3 is 2.57 bits per heavy atom. The Morgan fingerprint density at radius 1 is 1.13 bits per heavy atom. The first-order valence-corrected chi connectivity index (χ1v) is 7.82. The van der Waals surface area contributed by atoms with E-state index in [2.05, 4.69) is 33.4 Å². The minimum Gasteiger partial charge on any atom is -0.478 e. The van der Waals surface area contributed by atoms with Crippen molar-refractivity contribution in [2.75, 3.05) is 0 Å². The summed E-state index contributed by atoms with van der Waals surface area (Å²) < 4.78 is 19.6. The molecule has 0 spiro atoms. The molecule has 0 bridgehead atoms. The van der Waals surface area contributed by atoms with Crippen LogP contribution in [0.2, 0.25) is 0 Å².